The highest BCUT2D eigenvalue weighted by atomic mass is 16.3. The molecule has 5 nitrogen and oxygen atoms in total. The number of nitrogens with one attached hydrogen (secondary N) is 2. The van der Waals surface area contributed by atoms with E-state index in [1.54, 1.807) is 36.6 Å². The molecule has 2 rings (SSSR count). The topological polar surface area (TPSA) is 71.3 Å². The minimum atomic E-state index is -0.180. The molecule has 0 aliphatic carbocycles. The summed E-state index contributed by atoms with van der Waals surface area (Å²) in [6, 6.07) is 10.6. The van der Waals surface area contributed by atoms with E-state index >= 15 is 0 Å². The molecule has 2 aromatic rings. The van der Waals surface area contributed by atoms with Gasteiger partial charge in [-0.15, -0.1) is 0 Å². The molecule has 0 saturated heterocycles. The van der Waals surface area contributed by atoms with Crippen molar-refractivity contribution in [2.24, 2.45) is 5.92 Å². The van der Waals surface area contributed by atoms with Crippen molar-refractivity contribution in [3.63, 3.8) is 0 Å². The Bertz CT molecular complexity index is 648. The molecule has 1 aromatic heterocycles. The summed E-state index contributed by atoms with van der Waals surface area (Å²) < 4.78 is 5.21. The first-order chi connectivity index (χ1) is 11.1. The molecule has 5 heteroatoms. The van der Waals surface area contributed by atoms with Gasteiger partial charge in [0.25, 0.3) is 5.91 Å². The SMILES string of the molecule is CC(C)CNC(=O)c1ccccc1NC(=O)CCc1ccco1. The number of anilines is 1. The number of rotatable bonds is 7. The van der Waals surface area contributed by atoms with E-state index in [1.165, 1.54) is 0 Å². The number of amides is 2. The highest BCUT2D eigenvalue weighted by Crippen LogP contribution is 2.16. The summed E-state index contributed by atoms with van der Waals surface area (Å²) >= 11 is 0. The van der Waals surface area contributed by atoms with E-state index in [1.807, 2.05) is 19.9 Å². The first-order valence-corrected chi connectivity index (χ1v) is 7.75. The smallest absolute Gasteiger partial charge is 0.253 e. The molecule has 0 aliphatic heterocycles. The predicted octanol–water partition coefficient (Wildman–Crippen LogP) is 3.24. The van der Waals surface area contributed by atoms with Crippen LogP contribution in [-0.2, 0) is 11.2 Å². The van der Waals surface area contributed by atoms with Crippen LogP contribution >= 0.6 is 0 Å². The highest BCUT2D eigenvalue weighted by molar-refractivity contribution is 6.03. The van der Waals surface area contributed by atoms with Crippen molar-refractivity contribution in [2.45, 2.75) is 26.7 Å². The van der Waals surface area contributed by atoms with Gasteiger partial charge in [0.15, 0.2) is 0 Å². The van der Waals surface area contributed by atoms with Crippen LogP contribution in [0.4, 0.5) is 5.69 Å². The standard InChI is InChI=1S/C18H22N2O3/c1-13(2)12-19-18(22)15-7-3-4-8-16(15)20-17(21)10-9-14-6-5-11-23-14/h3-8,11,13H,9-10,12H2,1-2H3,(H,19,22)(H,20,21). The van der Waals surface area contributed by atoms with Crippen molar-refractivity contribution in [1.29, 1.82) is 0 Å². The third-order valence-electron chi connectivity index (χ3n) is 3.30. The number of para-hydroxylation sites is 1. The lowest BCUT2D eigenvalue weighted by Crippen LogP contribution is -2.28. The number of furan rings is 1. The Morgan fingerprint density at radius 1 is 1.13 bits per heavy atom. The lowest BCUT2D eigenvalue weighted by molar-refractivity contribution is -0.116. The van der Waals surface area contributed by atoms with E-state index in [0.29, 0.717) is 36.6 Å². The minimum absolute atomic E-state index is 0.148. The second-order valence-electron chi connectivity index (χ2n) is 5.78. The lowest BCUT2D eigenvalue weighted by Gasteiger charge is -2.12. The molecule has 122 valence electrons. The van der Waals surface area contributed by atoms with Crippen LogP contribution in [0.5, 0.6) is 0 Å². The van der Waals surface area contributed by atoms with Crippen LogP contribution in [0.3, 0.4) is 0 Å². The van der Waals surface area contributed by atoms with Crippen LogP contribution in [0.2, 0.25) is 0 Å². The lowest BCUT2D eigenvalue weighted by atomic mass is 10.1. The zero-order valence-corrected chi connectivity index (χ0v) is 13.5. The first kappa shape index (κ1) is 16.8. The van der Waals surface area contributed by atoms with Gasteiger partial charge in [-0.2, -0.15) is 0 Å². The van der Waals surface area contributed by atoms with Gasteiger partial charge in [-0.3, -0.25) is 9.59 Å². The molecular weight excluding hydrogens is 292 g/mol. The Balaban J connectivity index is 1.96. The molecule has 0 unspecified atom stereocenters. The molecule has 0 radical (unpaired) electrons. The molecule has 1 heterocycles. The fourth-order valence-electron chi connectivity index (χ4n) is 2.09. The van der Waals surface area contributed by atoms with Crippen molar-refractivity contribution in [2.75, 3.05) is 11.9 Å². The Morgan fingerprint density at radius 2 is 1.91 bits per heavy atom. The monoisotopic (exact) mass is 314 g/mol. The summed E-state index contributed by atoms with van der Waals surface area (Å²) in [6.45, 7) is 4.66. The van der Waals surface area contributed by atoms with Gasteiger partial charge in [0.1, 0.15) is 5.76 Å². The Hall–Kier alpha value is -2.56. The van der Waals surface area contributed by atoms with Crippen molar-refractivity contribution < 1.29 is 14.0 Å². The number of carbonyl (C=O) groups is 2. The number of carbonyl (C=O) groups excluding carboxylic acids is 2. The Kier molecular flexibility index (Phi) is 5.97. The van der Waals surface area contributed by atoms with Gasteiger partial charge in [-0.05, 0) is 30.2 Å². The molecule has 0 aliphatic rings. The van der Waals surface area contributed by atoms with Gasteiger partial charge in [0.2, 0.25) is 5.91 Å². The van der Waals surface area contributed by atoms with E-state index in [9.17, 15) is 9.59 Å². The summed E-state index contributed by atoms with van der Waals surface area (Å²) in [4.78, 5) is 24.3. The van der Waals surface area contributed by atoms with Crippen LogP contribution in [0, 0.1) is 5.92 Å². The van der Waals surface area contributed by atoms with Gasteiger partial charge >= 0.3 is 0 Å². The highest BCUT2D eigenvalue weighted by Gasteiger charge is 2.13. The predicted molar refractivity (Wildman–Crippen MR) is 89.3 cm³/mol. The van der Waals surface area contributed by atoms with Crippen LogP contribution < -0.4 is 10.6 Å². The summed E-state index contributed by atoms with van der Waals surface area (Å²) in [5.74, 6) is 0.809. The van der Waals surface area contributed by atoms with E-state index in [-0.39, 0.29) is 11.8 Å². The number of aryl methyl sites for hydroxylation is 1. The maximum atomic E-state index is 12.2. The van der Waals surface area contributed by atoms with Gasteiger partial charge in [-0.25, -0.2) is 0 Å². The van der Waals surface area contributed by atoms with Gasteiger partial charge in [-0.1, -0.05) is 26.0 Å². The largest absolute Gasteiger partial charge is 0.469 e. The Morgan fingerprint density at radius 3 is 2.61 bits per heavy atom. The van der Waals surface area contributed by atoms with Crippen molar-refractivity contribution in [3.8, 4) is 0 Å². The Labute approximate surface area is 136 Å². The summed E-state index contributed by atoms with van der Waals surface area (Å²) in [6.07, 6.45) is 2.41. The molecule has 2 N–H and O–H groups in total. The average molecular weight is 314 g/mol. The third kappa shape index (κ3) is 5.29. The zero-order valence-electron chi connectivity index (χ0n) is 13.5. The fraction of sp³-hybridized carbons (Fsp3) is 0.333. The second-order valence-corrected chi connectivity index (χ2v) is 5.78. The number of hydrogen-bond acceptors (Lipinski definition) is 3. The maximum Gasteiger partial charge on any atom is 0.253 e. The average Bonchev–Trinajstić information content (AvgIpc) is 3.04. The minimum Gasteiger partial charge on any atom is -0.469 e. The normalized spacial score (nSPS) is 10.6. The van der Waals surface area contributed by atoms with E-state index in [0.717, 1.165) is 5.76 Å². The zero-order chi connectivity index (χ0) is 16.7. The maximum absolute atomic E-state index is 12.2. The van der Waals surface area contributed by atoms with Crippen LogP contribution in [0.15, 0.2) is 47.1 Å². The summed E-state index contributed by atoms with van der Waals surface area (Å²) in [5, 5.41) is 5.66. The molecule has 0 fully saturated rings. The molecule has 2 amide bonds. The third-order valence-corrected chi connectivity index (χ3v) is 3.30. The number of benzene rings is 1. The molecule has 1 aromatic carbocycles. The van der Waals surface area contributed by atoms with Gasteiger partial charge in [0.05, 0.1) is 17.5 Å². The molecule has 23 heavy (non-hydrogen) atoms. The molecule has 0 spiro atoms. The van der Waals surface area contributed by atoms with Crippen molar-refractivity contribution in [3.05, 3.63) is 54.0 Å². The van der Waals surface area contributed by atoms with Crippen LogP contribution in [0.1, 0.15) is 36.4 Å². The van der Waals surface area contributed by atoms with Crippen LogP contribution in [0.25, 0.3) is 0 Å². The second kappa shape index (κ2) is 8.17. The first-order valence-electron chi connectivity index (χ1n) is 7.75. The summed E-state index contributed by atoms with van der Waals surface area (Å²) in [7, 11) is 0. The van der Waals surface area contributed by atoms with Crippen molar-refractivity contribution >= 4 is 17.5 Å². The van der Waals surface area contributed by atoms with E-state index in [2.05, 4.69) is 10.6 Å². The quantitative estimate of drug-likeness (QED) is 0.824. The number of hydrogen-bond donors (Lipinski definition) is 2. The molecule has 0 saturated carbocycles. The molecule has 0 bridgehead atoms. The molecular formula is C18H22N2O3. The van der Waals surface area contributed by atoms with E-state index in [4.69, 9.17) is 4.42 Å². The van der Waals surface area contributed by atoms with Crippen molar-refractivity contribution in [1.82, 2.24) is 5.32 Å². The van der Waals surface area contributed by atoms with Gasteiger partial charge in [0, 0.05) is 19.4 Å². The summed E-state index contributed by atoms with van der Waals surface area (Å²) in [5.41, 5.74) is 0.998. The molecule has 0 atom stereocenters. The fourth-order valence-corrected chi connectivity index (χ4v) is 2.09. The van der Waals surface area contributed by atoms with Gasteiger partial charge < -0.3 is 15.1 Å². The van der Waals surface area contributed by atoms with E-state index < -0.39 is 0 Å². The van der Waals surface area contributed by atoms with Crippen LogP contribution in [-0.4, -0.2) is 18.4 Å².